The molecule has 23 heavy (non-hydrogen) atoms. The van der Waals surface area contributed by atoms with Crippen LogP contribution in [0.1, 0.15) is 43.9 Å². The average Bonchev–Trinajstić information content (AvgIpc) is 2.54. The lowest BCUT2D eigenvalue weighted by Gasteiger charge is -2.17. The average molecular weight is 333 g/mol. The maximum absolute atomic E-state index is 12.8. The number of ether oxygens (including phenoxy) is 1. The highest BCUT2D eigenvalue weighted by atomic mass is 32.2. The monoisotopic (exact) mass is 333 g/mol. The predicted octanol–water partition coefficient (Wildman–Crippen LogP) is 3.86. The Morgan fingerprint density at radius 2 is 1.61 bits per heavy atom. The van der Waals surface area contributed by atoms with E-state index in [-0.39, 0.29) is 16.9 Å². The quantitative estimate of drug-likeness (QED) is 0.873. The first-order valence-corrected chi connectivity index (χ1v) is 9.08. The standard InChI is InChI=1S/C18H23NO3S/c1-13(2)16-10-11-17(22-4)18(12-16)23(20,21)19-14(3)15-8-6-5-7-9-15/h5-14,19H,1-4H3. The van der Waals surface area contributed by atoms with E-state index in [1.807, 2.05) is 57.2 Å². The van der Waals surface area contributed by atoms with Crippen molar-refractivity contribution in [1.82, 2.24) is 4.72 Å². The maximum Gasteiger partial charge on any atom is 0.244 e. The molecular weight excluding hydrogens is 310 g/mol. The van der Waals surface area contributed by atoms with Crippen LogP contribution in [0.25, 0.3) is 0 Å². The molecule has 2 aromatic carbocycles. The molecule has 5 heteroatoms. The van der Waals surface area contributed by atoms with Crippen LogP contribution < -0.4 is 9.46 Å². The van der Waals surface area contributed by atoms with Crippen molar-refractivity contribution in [1.29, 1.82) is 0 Å². The Hall–Kier alpha value is -1.85. The van der Waals surface area contributed by atoms with E-state index in [2.05, 4.69) is 4.72 Å². The zero-order valence-corrected chi connectivity index (χ0v) is 14.7. The molecule has 0 bridgehead atoms. The topological polar surface area (TPSA) is 55.4 Å². The third kappa shape index (κ3) is 4.12. The first-order valence-electron chi connectivity index (χ1n) is 7.60. The SMILES string of the molecule is COc1ccc(C(C)C)cc1S(=O)(=O)NC(C)c1ccccc1. The number of methoxy groups -OCH3 is 1. The lowest BCUT2D eigenvalue weighted by Crippen LogP contribution is -2.27. The van der Waals surface area contributed by atoms with E-state index in [0.29, 0.717) is 5.75 Å². The normalized spacial score (nSPS) is 13.1. The highest BCUT2D eigenvalue weighted by molar-refractivity contribution is 7.89. The Kier molecular flexibility index (Phi) is 5.44. The van der Waals surface area contributed by atoms with Crippen molar-refractivity contribution in [3.05, 3.63) is 59.7 Å². The zero-order valence-electron chi connectivity index (χ0n) is 13.9. The van der Waals surface area contributed by atoms with E-state index >= 15 is 0 Å². The molecule has 0 aliphatic heterocycles. The predicted molar refractivity (Wildman–Crippen MR) is 92.3 cm³/mol. The highest BCUT2D eigenvalue weighted by Crippen LogP contribution is 2.29. The van der Waals surface area contributed by atoms with Crippen LogP contribution in [0.15, 0.2) is 53.4 Å². The molecule has 1 atom stereocenters. The summed E-state index contributed by atoms with van der Waals surface area (Å²) >= 11 is 0. The maximum atomic E-state index is 12.8. The van der Waals surface area contributed by atoms with Crippen LogP contribution in [0.5, 0.6) is 5.75 Å². The Morgan fingerprint density at radius 3 is 2.17 bits per heavy atom. The smallest absolute Gasteiger partial charge is 0.244 e. The molecule has 0 radical (unpaired) electrons. The largest absolute Gasteiger partial charge is 0.495 e. The summed E-state index contributed by atoms with van der Waals surface area (Å²) in [5, 5.41) is 0. The molecule has 0 fully saturated rings. The van der Waals surface area contributed by atoms with Gasteiger partial charge in [0.15, 0.2) is 0 Å². The minimum absolute atomic E-state index is 0.175. The number of rotatable bonds is 6. The van der Waals surface area contributed by atoms with Gasteiger partial charge in [-0.25, -0.2) is 13.1 Å². The van der Waals surface area contributed by atoms with E-state index < -0.39 is 10.0 Å². The van der Waals surface area contributed by atoms with Gasteiger partial charge in [0.1, 0.15) is 10.6 Å². The fourth-order valence-corrected chi connectivity index (χ4v) is 3.80. The highest BCUT2D eigenvalue weighted by Gasteiger charge is 2.23. The van der Waals surface area contributed by atoms with Crippen LogP contribution in [0.4, 0.5) is 0 Å². The Balaban J connectivity index is 2.37. The van der Waals surface area contributed by atoms with Gasteiger partial charge in [-0.3, -0.25) is 0 Å². The third-order valence-electron chi connectivity index (χ3n) is 3.78. The summed E-state index contributed by atoms with van der Waals surface area (Å²) in [6.45, 7) is 5.88. The number of hydrogen-bond acceptors (Lipinski definition) is 3. The third-order valence-corrected chi connectivity index (χ3v) is 5.34. The van der Waals surface area contributed by atoms with Crippen molar-refractivity contribution in [2.45, 2.75) is 37.6 Å². The summed E-state index contributed by atoms with van der Waals surface area (Å²) in [6, 6.07) is 14.4. The number of benzene rings is 2. The molecule has 0 saturated carbocycles. The molecule has 0 spiro atoms. The molecule has 0 aliphatic rings. The molecule has 2 rings (SSSR count). The van der Waals surface area contributed by atoms with Gasteiger partial charge in [0.05, 0.1) is 7.11 Å². The molecule has 0 amide bonds. The van der Waals surface area contributed by atoms with Crippen molar-refractivity contribution < 1.29 is 13.2 Å². The van der Waals surface area contributed by atoms with Crippen LogP contribution in [0.3, 0.4) is 0 Å². The van der Waals surface area contributed by atoms with E-state index in [4.69, 9.17) is 4.74 Å². The van der Waals surface area contributed by atoms with Gasteiger partial charge in [-0.05, 0) is 36.1 Å². The van der Waals surface area contributed by atoms with Crippen molar-refractivity contribution >= 4 is 10.0 Å². The summed E-state index contributed by atoms with van der Waals surface area (Å²) in [7, 11) is -2.21. The van der Waals surface area contributed by atoms with Crippen LogP contribution in [-0.4, -0.2) is 15.5 Å². The Bertz CT molecular complexity index is 755. The van der Waals surface area contributed by atoms with Gasteiger partial charge in [-0.15, -0.1) is 0 Å². The summed E-state index contributed by atoms with van der Waals surface area (Å²) in [4.78, 5) is 0.175. The van der Waals surface area contributed by atoms with E-state index in [1.54, 1.807) is 12.1 Å². The first-order chi connectivity index (χ1) is 10.8. The van der Waals surface area contributed by atoms with Crippen LogP contribution >= 0.6 is 0 Å². The lowest BCUT2D eigenvalue weighted by molar-refractivity contribution is 0.401. The van der Waals surface area contributed by atoms with Gasteiger partial charge in [-0.1, -0.05) is 50.2 Å². The molecule has 0 aromatic heterocycles. The molecule has 124 valence electrons. The minimum atomic E-state index is -3.68. The molecule has 0 saturated heterocycles. The van der Waals surface area contributed by atoms with E-state index in [9.17, 15) is 8.42 Å². The van der Waals surface area contributed by atoms with Gasteiger partial charge < -0.3 is 4.74 Å². The Morgan fingerprint density at radius 1 is 0.957 bits per heavy atom. The summed E-state index contributed by atoms with van der Waals surface area (Å²) < 4.78 is 33.5. The summed E-state index contributed by atoms with van der Waals surface area (Å²) in [6.07, 6.45) is 0. The molecule has 0 aliphatic carbocycles. The minimum Gasteiger partial charge on any atom is -0.495 e. The first kappa shape index (κ1) is 17.5. The lowest BCUT2D eigenvalue weighted by atomic mass is 10.0. The van der Waals surface area contributed by atoms with Gasteiger partial charge in [0.2, 0.25) is 10.0 Å². The van der Waals surface area contributed by atoms with Crippen molar-refractivity contribution in [2.75, 3.05) is 7.11 Å². The van der Waals surface area contributed by atoms with Gasteiger partial charge in [0.25, 0.3) is 0 Å². The van der Waals surface area contributed by atoms with Crippen molar-refractivity contribution in [3.63, 3.8) is 0 Å². The molecule has 1 N–H and O–H groups in total. The zero-order chi connectivity index (χ0) is 17.0. The molecule has 0 heterocycles. The molecule has 1 unspecified atom stereocenters. The molecule has 4 nitrogen and oxygen atoms in total. The van der Waals surface area contributed by atoms with Crippen LogP contribution in [0, 0.1) is 0 Å². The van der Waals surface area contributed by atoms with Crippen molar-refractivity contribution in [3.8, 4) is 5.75 Å². The summed E-state index contributed by atoms with van der Waals surface area (Å²) in [5.74, 6) is 0.587. The van der Waals surface area contributed by atoms with Crippen molar-refractivity contribution in [2.24, 2.45) is 0 Å². The van der Waals surface area contributed by atoms with Gasteiger partial charge in [0, 0.05) is 6.04 Å². The second-order valence-electron chi connectivity index (χ2n) is 5.82. The molecular formula is C18H23NO3S. The van der Waals surface area contributed by atoms with Crippen LogP contribution in [0.2, 0.25) is 0 Å². The van der Waals surface area contributed by atoms with Gasteiger partial charge in [-0.2, -0.15) is 0 Å². The second kappa shape index (κ2) is 7.15. The second-order valence-corrected chi connectivity index (χ2v) is 7.50. The van der Waals surface area contributed by atoms with E-state index in [1.165, 1.54) is 7.11 Å². The fourth-order valence-electron chi connectivity index (χ4n) is 2.37. The van der Waals surface area contributed by atoms with Crippen LogP contribution in [-0.2, 0) is 10.0 Å². The Labute approximate surface area is 138 Å². The number of nitrogens with one attached hydrogen (secondary N) is 1. The number of hydrogen-bond donors (Lipinski definition) is 1. The van der Waals surface area contributed by atoms with Gasteiger partial charge >= 0.3 is 0 Å². The molecule has 2 aromatic rings. The number of sulfonamides is 1. The van der Waals surface area contributed by atoms with E-state index in [0.717, 1.165) is 11.1 Å². The fraction of sp³-hybridized carbons (Fsp3) is 0.333. The summed E-state index contributed by atoms with van der Waals surface area (Å²) in [5.41, 5.74) is 1.87.